The number of hydrogen-bond acceptors (Lipinski definition) is 2. The summed E-state index contributed by atoms with van der Waals surface area (Å²) < 4.78 is 1.79. The first-order chi connectivity index (χ1) is 9.06. The summed E-state index contributed by atoms with van der Waals surface area (Å²) in [5, 5.41) is 8.74. The molecule has 19 heavy (non-hydrogen) atoms. The minimum absolute atomic E-state index is 0.624. The van der Waals surface area contributed by atoms with E-state index in [9.17, 15) is 0 Å². The Hall–Kier alpha value is -0.540. The van der Waals surface area contributed by atoms with Crippen LogP contribution in [0.3, 0.4) is 0 Å². The second-order valence-electron chi connectivity index (χ2n) is 5.93. The number of nitrogens with zero attached hydrogens (tertiary/aromatic N) is 2. The first kappa shape index (κ1) is 14.9. The molecule has 0 amide bonds. The maximum atomic E-state index is 6.37. The third kappa shape index (κ3) is 3.14. The molecule has 0 aromatic carbocycles. The fourth-order valence-corrected chi connectivity index (χ4v) is 3.76. The molecule has 1 aromatic rings. The summed E-state index contributed by atoms with van der Waals surface area (Å²) in [4.78, 5) is 0. The highest BCUT2D eigenvalue weighted by Gasteiger charge is 2.30. The second kappa shape index (κ2) is 6.27. The predicted octanol–water partition coefficient (Wildman–Crippen LogP) is 3.34. The molecule has 1 aromatic heterocycles. The lowest BCUT2D eigenvalue weighted by Gasteiger charge is -2.36. The van der Waals surface area contributed by atoms with E-state index < -0.39 is 0 Å². The molecule has 2 rings (SSSR count). The molecule has 4 heteroatoms. The van der Waals surface area contributed by atoms with Crippen molar-refractivity contribution >= 4 is 11.6 Å². The maximum Gasteiger partial charge on any atom is 0.130 e. The molecular weight excluding hydrogens is 258 g/mol. The lowest BCUT2D eigenvalue weighted by Crippen LogP contribution is -2.39. The Kier molecular flexibility index (Phi) is 4.91. The molecule has 108 valence electrons. The van der Waals surface area contributed by atoms with Gasteiger partial charge in [-0.2, -0.15) is 5.10 Å². The largest absolute Gasteiger partial charge is 0.317 e. The SMILES string of the molecule is CCC1CCC(NC)C(Cc2c(C)nn(C)c2Cl)C1. The molecule has 1 aliphatic rings. The number of rotatable bonds is 4. The third-order valence-corrected chi connectivity index (χ3v) is 5.25. The van der Waals surface area contributed by atoms with Crippen LogP contribution in [0.5, 0.6) is 0 Å². The molecule has 1 aliphatic carbocycles. The van der Waals surface area contributed by atoms with Crippen molar-refractivity contribution in [1.29, 1.82) is 0 Å². The quantitative estimate of drug-likeness (QED) is 0.918. The minimum Gasteiger partial charge on any atom is -0.317 e. The molecule has 3 nitrogen and oxygen atoms in total. The predicted molar refractivity (Wildman–Crippen MR) is 80.6 cm³/mol. The first-order valence-electron chi connectivity index (χ1n) is 7.42. The molecule has 1 heterocycles. The van der Waals surface area contributed by atoms with Gasteiger partial charge in [0.15, 0.2) is 0 Å². The van der Waals surface area contributed by atoms with Crippen LogP contribution >= 0.6 is 11.6 Å². The average Bonchev–Trinajstić information content (AvgIpc) is 2.65. The van der Waals surface area contributed by atoms with Gasteiger partial charge in [-0.15, -0.1) is 0 Å². The Morgan fingerprint density at radius 1 is 1.42 bits per heavy atom. The summed E-state index contributed by atoms with van der Waals surface area (Å²) in [6.45, 7) is 4.37. The summed E-state index contributed by atoms with van der Waals surface area (Å²) in [5.41, 5.74) is 2.33. The van der Waals surface area contributed by atoms with Crippen molar-refractivity contribution in [2.75, 3.05) is 7.05 Å². The highest BCUT2D eigenvalue weighted by atomic mass is 35.5. The van der Waals surface area contributed by atoms with Crippen LogP contribution in [0.25, 0.3) is 0 Å². The molecule has 1 fully saturated rings. The van der Waals surface area contributed by atoms with Crippen LogP contribution in [0.2, 0.25) is 5.15 Å². The van der Waals surface area contributed by atoms with Crippen LogP contribution < -0.4 is 5.32 Å². The highest BCUT2D eigenvalue weighted by molar-refractivity contribution is 6.30. The molecule has 0 bridgehead atoms. The van der Waals surface area contributed by atoms with Crippen LogP contribution in [0.1, 0.15) is 43.9 Å². The summed E-state index contributed by atoms with van der Waals surface area (Å²) >= 11 is 6.37. The van der Waals surface area contributed by atoms with Crippen molar-refractivity contribution in [2.24, 2.45) is 18.9 Å². The molecule has 0 radical (unpaired) electrons. The molecule has 0 saturated heterocycles. The van der Waals surface area contributed by atoms with E-state index in [1.807, 2.05) is 7.05 Å². The van der Waals surface area contributed by atoms with Crippen LogP contribution in [-0.2, 0) is 13.5 Å². The molecule has 1 saturated carbocycles. The minimum atomic E-state index is 0.624. The molecule has 0 aliphatic heterocycles. The molecule has 0 spiro atoms. The van der Waals surface area contributed by atoms with Crippen molar-refractivity contribution in [3.8, 4) is 0 Å². The second-order valence-corrected chi connectivity index (χ2v) is 6.28. The smallest absolute Gasteiger partial charge is 0.130 e. The zero-order valence-electron chi connectivity index (χ0n) is 12.5. The summed E-state index contributed by atoms with van der Waals surface area (Å²) in [5.74, 6) is 1.56. The highest BCUT2D eigenvalue weighted by Crippen LogP contribution is 2.35. The maximum absolute atomic E-state index is 6.37. The van der Waals surface area contributed by atoms with E-state index in [0.29, 0.717) is 12.0 Å². The average molecular weight is 284 g/mol. The lowest BCUT2D eigenvalue weighted by molar-refractivity contribution is 0.205. The van der Waals surface area contributed by atoms with E-state index in [4.69, 9.17) is 11.6 Å². The normalized spacial score (nSPS) is 27.7. The van der Waals surface area contributed by atoms with Crippen LogP contribution in [0.15, 0.2) is 0 Å². The number of aryl methyl sites for hydroxylation is 2. The summed E-state index contributed by atoms with van der Waals surface area (Å²) in [6, 6.07) is 0.624. The summed E-state index contributed by atoms with van der Waals surface area (Å²) in [6.07, 6.45) is 6.31. The van der Waals surface area contributed by atoms with Gasteiger partial charge in [0.2, 0.25) is 0 Å². The Morgan fingerprint density at radius 3 is 2.68 bits per heavy atom. The number of aromatic nitrogens is 2. The Balaban J connectivity index is 2.14. The van der Waals surface area contributed by atoms with Gasteiger partial charge in [0, 0.05) is 18.7 Å². The van der Waals surface area contributed by atoms with Crippen molar-refractivity contribution < 1.29 is 0 Å². The van der Waals surface area contributed by atoms with E-state index >= 15 is 0 Å². The molecular formula is C15H26ClN3. The lowest BCUT2D eigenvalue weighted by atomic mass is 9.74. The van der Waals surface area contributed by atoms with Gasteiger partial charge in [0.25, 0.3) is 0 Å². The van der Waals surface area contributed by atoms with E-state index in [-0.39, 0.29) is 0 Å². The van der Waals surface area contributed by atoms with Gasteiger partial charge in [-0.25, -0.2) is 0 Å². The molecule has 3 unspecified atom stereocenters. The van der Waals surface area contributed by atoms with Gasteiger partial charge in [0.1, 0.15) is 5.15 Å². The van der Waals surface area contributed by atoms with Crippen LogP contribution in [-0.4, -0.2) is 22.9 Å². The standard InChI is InChI=1S/C15H26ClN3/c1-5-11-6-7-14(17-3)12(8-11)9-13-10(2)18-19(4)15(13)16/h11-12,14,17H,5-9H2,1-4H3. The Morgan fingerprint density at radius 2 is 2.16 bits per heavy atom. The first-order valence-corrected chi connectivity index (χ1v) is 7.79. The van der Waals surface area contributed by atoms with Gasteiger partial charge >= 0.3 is 0 Å². The van der Waals surface area contributed by atoms with Crippen LogP contribution in [0.4, 0.5) is 0 Å². The third-order valence-electron chi connectivity index (χ3n) is 4.78. The van der Waals surface area contributed by atoms with Crippen LogP contribution in [0, 0.1) is 18.8 Å². The molecule has 1 N–H and O–H groups in total. The van der Waals surface area contributed by atoms with Gasteiger partial charge in [0.05, 0.1) is 5.69 Å². The number of halogens is 1. The van der Waals surface area contributed by atoms with Crippen molar-refractivity contribution in [3.63, 3.8) is 0 Å². The zero-order valence-corrected chi connectivity index (χ0v) is 13.3. The van der Waals surface area contributed by atoms with E-state index in [0.717, 1.165) is 23.2 Å². The topological polar surface area (TPSA) is 29.9 Å². The van der Waals surface area contributed by atoms with Gasteiger partial charge in [-0.1, -0.05) is 24.9 Å². The van der Waals surface area contributed by atoms with Gasteiger partial charge in [-0.3, -0.25) is 4.68 Å². The van der Waals surface area contributed by atoms with Crippen molar-refractivity contribution in [1.82, 2.24) is 15.1 Å². The van der Waals surface area contributed by atoms with E-state index in [2.05, 4.69) is 31.3 Å². The number of hydrogen-bond donors (Lipinski definition) is 1. The Labute approximate surface area is 121 Å². The van der Waals surface area contributed by atoms with Crippen molar-refractivity contribution in [3.05, 3.63) is 16.4 Å². The van der Waals surface area contributed by atoms with Gasteiger partial charge in [-0.05, 0) is 51.5 Å². The van der Waals surface area contributed by atoms with Crippen molar-refractivity contribution in [2.45, 2.75) is 52.0 Å². The summed E-state index contributed by atoms with van der Waals surface area (Å²) in [7, 11) is 4.01. The van der Waals surface area contributed by atoms with E-state index in [1.165, 1.54) is 31.2 Å². The fourth-order valence-electron chi connectivity index (χ4n) is 3.51. The zero-order chi connectivity index (χ0) is 14.0. The van der Waals surface area contributed by atoms with E-state index in [1.54, 1.807) is 4.68 Å². The monoisotopic (exact) mass is 283 g/mol. The van der Waals surface area contributed by atoms with Gasteiger partial charge < -0.3 is 5.32 Å². The molecule has 3 atom stereocenters. The fraction of sp³-hybridized carbons (Fsp3) is 0.800. The Bertz CT molecular complexity index is 427. The number of nitrogens with one attached hydrogen (secondary N) is 1.